The summed E-state index contributed by atoms with van der Waals surface area (Å²) in [6.07, 6.45) is -0.236. The molecule has 1 amide bonds. The first kappa shape index (κ1) is 22.4. The van der Waals surface area contributed by atoms with Crippen LogP contribution in [0.2, 0.25) is 0 Å². The standard InChI is InChI=1S/C15H14Cl2N2O8/c16-14(17)15(24)18-10(7-27-12(22)6-5-11(20)21)13(23)8-1-3-9(4-2-8)19(25)26/h1-6,10,13-14,23H,7H2,(H,18,24)(H,20,21). The number of carbonyl (C=O) groups is 3. The number of amides is 1. The van der Waals surface area contributed by atoms with Gasteiger partial charge in [0.1, 0.15) is 12.7 Å². The molecule has 0 saturated heterocycles. The summed E-state index contributed by atoms with van der Waals surface area (Å²) in [7, 11) is 0. The van der Waals surface area contributed by atoms with Gasteiger partial charge in [-0.15, -0.1) is 0 Å². The molecule has 27 heavy (non-hydrogen) atoms. The van der Waals surface area contributed by atoms with Crippen LogP contribution in [-0.4, -0.2) is 50.5 Å². The van der Waals surface area contributed by atoms with Gasteiger partial charge in [-0.3, -0.25) is 14.9 Å². The average molecular weight is 421 g/mol. The van der Waals surface area contributed by atoms with E-state index in [0.29, 0.717) is 12.2 Å². The van der Waals surface area contributed by atoms with E-state index in [0.717, 1.165) is 12.1 Å². The number of benzene rings is 1. The number of non-ortho nitro benzene ring substituents is 1. The van der Waals surface area contributed by atoms with E-state index in [1.54, 1.807) is 0 Å². The first-order chi connectivity index (χ1) is 12.6. The number of aliphatic hydroxyl groups is 1. The summed E-state index contributed by atoms with van der Waals surface area (Å²) < 4.78 is 4.78. The van der Waals surface area contributed by atoms with E-state index in [9.17, 15) is 29.6 Å². The van der Waals surface area contributed by atoms with Crippen LogP contribution < -0.4 is 5.32 Å². The normalized spacial score (nSPS) is 13.2. The summed E-state index contributed by atoms with van der Waals surface area (Å²) in [6, 6.07) is 3.59. The maximum atomic E-state index is 11.7. The van der Waals surface area contributed by atoms with Crippen molar-refractivity contribution in [2.75, 3.05) is 6.61 Å². The van der Waals surface area contributed by atoms with Crippen LogP contribution in [0.4, 0.5) is 5.69 Å². The van der Waals surface area contributed by atoms with Crippen LogP contribution in [0.15, 0.2) is 36.4 Å². The largest absolute Gasteiger partial charge is 0.478 e. The van der Waals surface area contributed by atoms with Crippen molar-refractivity contribution >= 4 is 46.7 Å². The summed E-state index contributed by atoms with van der Waals surface area (Å²) in [5.74, 6) is -3.27. The number of hydrogen-bond donors (Lipinski definition) is 3. The van der Waals surface area contributed by atoms with Crippen LogP contribution in [0, 0.1) is 10.1 Å². The van der Waals surface area contributed by atoms with E-state index in [2.05, 4.69) is 5.32 Å². The highest BCUT2D eigenvalue weighted by Gasteiger charge is 2.26. The van der Waals surface area contributed by atoms with Gasteiger partial charge in [-0.1, -0.05) is 23.2 Å². The number of hydrogen-bond acceptors (Lipinski definition) is 7. The molecule has 10 nitrogen and oxygen atoms in total. The second kappa shape index (κ2) is 10.5. The van der Waals surface area contributed by atoms with Crippen LogP contribution in [0.5, 0.6) is 0 Å². The fourth-order valence-corrected chi connectivity index (χ4v) is 1.97. The van der Waals surface area contributed by atoms with Crippen LogP contribution in [-0.2, 0) is 19.1 Å². The van der Waals surface area contributed by atoms with Crippen molar-refractivity contribution in [3.63, 3.8) is 0 Å². The number of ether oxygens (including phenoxy) is 1. The second-order valence-electron chi connectivity index (χ2n) is 5.01. The minimum Gasteiger partial charge on any atom is -0.478 e. The minimum atomic E-state index is -1.46. The van der Waals surface area contributed by atoms with Crippen molar-refractivity contribution in [3.8, 4) is 0 Å². The molecule has 2 atom stereocenters. The van der Waals surface area contributed by atoms with Crippen LogP contribution in [0.25, 0.3) is 0 Å². The third kappa shape index (κ3) is 7.60. The van der Waals surface area contributed by atoms with E-state index >= 15 is 0 Å². The van der Waals surface area contributed by atoms with Gasteiger partial charge in [0.25, 0.3) is 11.6 Å². The molecular weight excluding hydrogens is 407 g/mol. The van der Waals surface area contributed by atoms with Gasteiger partial charge < -0.3 is 20.3 Å². The molecule has 0 heterocycles. The lowest BCUT2D eigenvalue weighted by Crippen LogP contribution is -2.45. The topological polar surface area (TPSA) is 156 Å². The molecular formula is C15H14Cl2N2O8. The Bertz CT molecular complexity index is 736. The third-order valence-corrected chi connectivity index (χ3v) is 3.52. The fraction of sp³-hybridized carbons (Fsp3) is 0.267. The number of nitro groups is 1. The van der Waals surface area contributed by atoms with Crippen molar-refractivity contribution in [3.05, 3.63) is 52.1 Å². The molecule has 0 aliphatic heterocycles. The maximum absolute atomic E-state index is 11.7. The predicted octanol–water partition coefficient (Wildman–Crippen LogP) is 1.10. The highest BCUT2D eigenvalue weighted by molar-refractivity contribution is 6.53. The number of carboxylic acid groups (broad SMARTS) is 1. The summed E-state index contributed by atoms with van der Waals surface area (Å²) in [6.45, 7) is -0.548. The Kier molecular flexibility index (Phi) is 8.66. The molecule has 0 fully saturated rings. The Labute approximate surface area is 162 Å². The zero-order valence-corrected chi connectivity index (χ0v) is 15.0. The number of nitrogens with one attached hydrogen (secondary N) is 1. The smallest absolute Gasteiger partial charge is 0.331 e. The molecule has 2 unspecified atom stereocenters. The van der Waals surface area contributed by atoms with Gasteiger partial charge >= 0.3 is 11.9 Å². The molecule has 0 bridgehead atoms. The lowest BCUT2D eigenvalue weighted by atomic mass is 10.0. The van der Waals surface area contributed by atoms with Crippen LogP contribution >= 0.6 is 23.2 Å². The summed E-state index contributed by atoms with van der Waals surface area (Å²) >= 11 is 10.9. The molecule has 3 N–H and O–H groups in total. The van der Waals surface area contributed by atoms with Gasteiger partial charge in [0.2, 0.25) is 0 Å². The average Bonchev–Trinajstić information content (AvgIpc) is 2.62. The fourth-order valence-electron chi connectivity index (χ4n) is 1.84. The van der Waals surface area contributed by atoms with Crippen molar-refractivity contribution in [1.82, 2.24) is 5.32 Å². The lowest BCUT2D eigenvalue weighted by molar-refractivity contribution is -0.384. The maximum Gasteiger partial charge on any atom is 0.331 e. The summed E-state index contributed by atoms with van der Waals surface area (Å²) in [5, 5.41) is 31.8. The number of halogens is 2. The first-order valence-corrected chi connectivity index (χ1v) is 8.07. The van der Waals surface area contributed by atoms with Gasteiger partial charge in [-0.05, 0) is 17.7 Å². The quantitative estimate of drug-likeness (QED) is 0.176. The number of carboxylic acids is 1. The van der Waals surface area contributed by atoms with Crippen molar-refractivity contribution in [2.24, 2.45) is 0 Å². The lowest BCUT2D eigenvalue weighted by Gasteiger charge is -2.24. The van der Waals surface area contributed by atoms with Crippen LogP contribution in [0.3, 0.4) is 0 Å². The highest BCUT2D eigenvalue weighted by atomic mass is 35.5. The summed E-state index contributed by atoms with van der Waals surface area (Å²) in [4.78, 5) is 42.1. The van der Waals surface area contributed by atoms with Crippen molar-refractivity contribution < 1.29 is 34.3 Å². The van der Waals surface area contributed by atoms with E-state index in [-0.39, 0.29) is 11.3 Å². The Balaban J connectivity index is 2.92. The number of esters is 1. The van der Waals surface area contributed by atoms with E-state index < -0.39 is 46.4 Å². The van der Waals surface area contributed by atoms with Crippen molar-refractivity contribution in [1.29, 1.82) is 0 Å². The zero-order chi connectivity index (χ0) is 20.6. The Morgan fingerprint density at radius 3 is 2.30 bits per heavy atom. The molecule has 0 spiro atoms. The Morgan fingerprint density at radius 1 is 1.22 bits per heavy atom. The Morgan fingerprint density at radius 2 is 1.81 bits per heavy atom. The van der Waals surface area contributed by atoms with E-state index in [1.165, 1.54) is 12.1 Å². The summed E-state index contributed by atoms with van der Waals surface area (Å²) in [5.41, 5.74) is -0.0259. The Hall–Kier alpha value is -2.69. The molecule has 146 valence electrons. The molecule has 1 aromatic rings. The molecule has 1 rings (SSSR count). The van der Waals surface area contributed by atoms with Crippen molar-refractivity contribution in [2.45, 2.75) is 17.0 Å². The minimum absolute atomic E-state index is 0.184. The second-order valence-corrected chi connectivity index (χ2v) is 6.11. The van der Waals surface area contributed by atoms with E-state index in [4.69, 9.17) is 33.0 Å². The van der Waals surface area contributed by atoms with E-state index in [1.807, 2.05) is 0 Å². The number of alkyl halides is 2. The molecule has 1 aromatic carbocycles. The SMILES string of the molecule is O=C(O)C=CC(=O)OCC(NC(=O)C(Cl)Cl)C(O)c1ccc([N+](=O)[O-])cc1. The molecule has 0 aliphatic rings. The van der Waals surface area contributed by atoms with Gasteiger partial charge in [0, 0.05) is 24.3 Å². The number of nitrogens with zero attached hydrogens (tertiary/aromatic N) is 1. The number of aliphatic carboxylic acids is 1. The first-order valence-electron chi connectivity index (χ1n) is 7.20. The van der Waals surface area contributed by atoms with Gasteiger partial charge in [0.05, 0.1) is 11.0 Å². The number of carbonyl (C=O) groups excluding carboxylic acids is 2. The molecule has 0 radical (unpaired) electrons. The number of aliphatic hydroxyl groups excluding tert-OH is 1. The van der Waals surface area contributed by atoms with Crippen LogP contribution in [0.1, 0.15) is 11.7 Å². The highest BCUT2D eigenvalue weighted by Crippen LogP contribution is 2.21. The van der Waals surface area contributed by atoms with Gasteiger partial charge in [-0.25, -0.2) is 9.59 Å². The number of rotatable bonds is 9. The third-order valence-electron chi connectivity index (χ3n) is 3.12. The predicted molar refractivity (Wildman–Crippen MR) is 93.2 cm³/mol. The molecule has 0 saturated carbocycles. The number of nitro benzene ring substituents is 1. The van der Waals surface area contributed by atoms with Gasteiger partial charge in [0.15, 0.2) is 4.84 Å². The molecule has 0 aromatic heterocycles. The zero-order valence-electron chi connectivity index (χ0n) is 13.5. The monoisotopic (exact) mass is 420 g/mol. The molecule has 12 heteroatoms. The molecule has 0 aliphatic carbocycles. The van der Waals surface area contributed by atoms with Gasteiger partial charge in [-0.2, -0.15) is 0 Å².